The standard InChI is InChI=1S/C15H18ClN3O2S/c1-11-3-5-12(6-4-11)9-19(13-7-8-13)22(20,21)15-14(16)18(2)10-17-15/h3-6,10,13H,7-9H2,1-2H3. The fourth-order valence-electron chi connectivity index (χ4n) is 2.32. The highest BCUT2D eigenvalue weighted by atomic mass is 35.5. The minimum atomic E-state index is -3.69. The number of aryl methyl sites for hydroxylation is 2. The molecule has 1 aliphatic rings. The van der Waals surface area contributed by atoms with E-state index in [9.17, 15) is 8.42 Å². The number of hydrogen-bond acceptors (Lipinski definition) is 3. The van der Waals surface area contributed by atoms with E-state index in [-0.39, 0.29) is 16.2 Å². The Hall–Kier alpha value is -1.37. The van der Waals surface area contributed by atoms with Crippen molar-refractivity contribution in [1.82, 2.24) is 13.9 Å². The van der Waals surface area contributed by atoms with Gasteiger partial charge in [0.25, 0.3) is 10.0 Å². The fraction of sp³-hybridized carbons (Fsp3) is 0.400. The van der Waals surface area contributed by atoms with Gasteiger partial charge in [-0.05, 0) is 25.3 Å². The molecule has 3 rings (SSSR count). The van der Waals surface area contributed by atoms with Gasteiger partial charge in [-0.2, -0.15) is 4.31 Å². The van der Waals surface area contributed by atoms with Crippen molar-refractivity contribution in [3.63, 3.8) is 0 Å². The van der Waals surface area contributed by atoms with Gasteiger partial charge < -0.3 is 4.57 Å². The van der Waals surface area contributed by atoms with Gasteiger partial charge in [-0.1, -0.05) is 41.4 Å². The molecule has 1 aromatic carbocycles. The summed E-state index contributed by atoms with van der Waals surface area (Å²) in [7, 11) is -2.01. The van der Waals surface area contributed by atoms with E-state index in [0.29, 0.717) is 6.54 Å². The second-order valence-corrected chi connectivity index (χ2v) is 7.88. The fourth-order valence-corrected chi connectivity index (χ4v) is 4.39. The SMILES string of the molecule is Cc1ccc(CN(C2CC2)S(=O)(=O)c2ncn(C)c2Cl)cc1. The largest absolute Gasteiger partial charge is 0.324 e. The molecule has 1 aliphatic carbocycles. The van der Waals surface area contributed by atoms with Gasteiger partial charge >= 0.3 is 0 Å². The average molecular weight is 340 g/mol. The molecule has 0 saturated heterocycles. The Morgan fingerprint density at radius 1 is 1.32 bits per heavy atom. The third-order valence-electron chi connectivity index (χ3n) is 3.80. The molecule has 0 aliphatic heterocycles. The van der Waals surface area contributed by atoms with Crippen LogP contribution in [0.25, 0.3) is 0 Å². The Balaban J connectivity index is 1.93. The molecule has 0 spiro atoms. The highest BCUT2D eigenvalue weighted by Gasteiger charge is 2.40. The maximum atomic E-state index is 12.9. The molecule has 1 aromatic heterocycles. The van der Waals surface area contributed by atoms with Crippen LogP contribution in [-0.2, 0) is 23.6 Å². The van der Waals surface area contributed by atoms with Gasteiger partial charge in [-0.25, -0.2) is 13.4 Å². The predicted octanol–water partition coefficient (Wildman–Crippen LogP) is 2.74. The zero-order valence-electron chi connectivity index (χ0n) is 12.5. The lowest BCUT2D eigenvalue weighted by Crippen LogP contribution is -2.33. The molecular weight excluding hydrogens is 322 g/mol. The molecule has 2 aromatic rings. The molecule has 7 heteroatoms. The maximum Gasteiger partial charge on any atom is 0.264 e. The smallest absolute Gasteiger partial charge is 0.264 e. The van der Waals surface area contributed by atoms with Crippen molar-refractivity contribution in [2.45, 2.75) is 37.4 Å². The van der Waals surface area contributed by atoms with Crippen LogP contribution in [0.4, 0.5) is 0 Å². The third kappa shape index (κ3) is 2.91. The normalized spacial score (nSPS) is 15.5. The molecule has 118 valence electrons. The van der Waals surface area contributed by atoms with Crippen molar-refractivity contribution < 1.29 is 8.42 Å². The lowest BCUT2D eigenvalue weighted by molar-refractivity contribution is 0.397. The van der Waals surface area contributed by atoms with Crippen LogP contribution in [0.2, 0.25) is 5.15 Å². The van der Waals surface area contributed by atoms with E-state index in [1.54, 1.807) is 7.05 Å². The summed E-state index contributed by atoms with van der Waals surface area (Å²) < 4.78 is 28.8. The Morgan fingerprint density at radius 3 is 2.45 bits per heavy atom. The molecule has 1 heterocycles. The highest BCUT2D eigenvalue weighted by molar-refractivity contribution is 7.89. The zero-order chi connectivity index (χ0) is 15.9. The number of hydrogen-bond donors (Lipinski definition) is 0. The minimum absolute atomic E-state index is 0.0457. The summed E-state index contributed by atoms with van der Waals surface area (Å²) in [4.78, 5) is 3.98. The molecular formula is C15H18ClN3O2S. The second kappa shape index (κ2) is 5.68. The molecule has 1 saturated carbocycles. The number of halogens is 1. The van der Waals surface area contributed by atoms with Crippen LogP contribution in [0.1, 0.15) is 24.0 Å². The number of sulfonamides is 1. The molecule has 0 radical (unpaired) electrons. The van der Waals surface area contributed by atoms with Crippen molar-refractivity contribution >= 4 is 21.6 Å². The van der Waals surface area contributed by atoms with Gasteiger partial charge in [0, 0.05) is 19.6 Å². The lowest BCUT2D eigenvalue weighted by Gasteiger charge is -2.21. The van der Waals surface area contributed by atoms with E-state index in [1.807, 2.05) is 31.2 Å². The molecule has 0 amide bonds. The van der Waals surface area contributed by atoms with E-state index in [2.05, 4.69) is 4.98 Å². The van der Waals surface area contributed by atoms with Gasteiger partial charge in [-0.3, -0.25) is 0 Å². The van der Waals surface area contributed by atoms with Crippen LogP contribution in [0, 0.1) is 6.92 Å². The first kappa shape index (κ1) is 15.5. The van der Waals surface area contributed by atoms with Crippen molar-refractivity contribution in [3.05, 3.63) is 46.9 Å². The topological polar surface area (TPSA) is 55.2 Å². The summed E-state index contributed by atoms with van der Waals surface area (Å²) in [5, 5.41) is 0.0882. The maximum absolute atomic E-state index is 12.9. The minimum Gasteiger partial charge on any atom is -0.324 e. The van der Waals surface area contributed by atoms with Gasteiger partial charge in [0.15, 0.2) is 0 Å². The van der Waals surface area contributed by atoms with Crippen LogP contribution >= 0.6 is 11.6 Å². The summed E-state index contributed by atoms with van der Waals surface area (Å²) in [6.07, 6.45) is 3.19. The lowest BCUT2D eigenvalue weighted by atomic mass is 10.1. The quantitative estimate of drug-likeness (QED) is 0.841. The third-order valence-corrected chi connectivity index (χ3v) is 6.19. The van der Waals surface area contributed by atoms with E-state index in [4.69, 9.17) is 11.6 Å². The molecule has 5 nitrogen and oxygen atoms in total. The summed E-state index contributed by atoms with van der Waals surface area (Å²) in [5.41, 5.74) is 2.12. The van der Waals surface area contributed by atoms with Gasteiger partial charge in [0.1, 0.15) is 5.15 Å². The number of benzene rings is 1. The van der Waals surface area contributed by atoms with E-state index in [0.717, 1.165) is 24.0 Å². The van der Waals surface area contributed by atoms with Gasteiger partial charge in [-0.15, -0.1) is 0 Å². The monoisotopic (exact) mass is 339 g/mol. The van der Waals surface area contributed by atoms with Gasteiger partial charge in [0.2, 0.25) is 5.03 Å². The van der Waals surface area contributed by atoms with Gasteiger partial charge in [0.05, 0.1) is 6.33 Å². The van der Waals surface area contributed by atoms with E-state index in [1.165, 1.54) is 15.2 Å². The number of aromatic nitrogens is 2. The first-order valence-corrected chi connectivity index (χ1v) is 8.95. The summed E-state index contributed by atoms with van der Waals surface area (Å²) in [6.45, 7) is 2.35. The van der Waals surface area contributed by atoms with Crippen molar-refractivity contribution in [2.24, 2.45) is 7.05 Å². The molecule has 1 fully saturated rings. The summed E-state index contributed by atoms with van der Waals surface area (Å²) >= 11 is 6.08. The summed E-state index contributed by atoms with van der Waals surface area (Å²) in [6, 6.07) is 7.94. The average Bonchev–Trinajstić information content (AvgIpc) is 3.25. The highest BCUT2D eigenvalue weighted by Crippen LogP contribution is 2.34. The Morgan fingerprint density at radius 2 is 1.95 bits per heavy atom. The van der Waals surface area contributed by atoms with Crippen molar-refractivity contribution in [2.75, 3.05) is 0 Å². The van der Waals surface area contributed by atoms with Crippen LogP contribution < -0.4 is 0 Å². The summed E-state index contributed by atoms with van der Waals surface area (Å²) in [5.74, 6) is 0. The van der Waals surface area contributed by atoms with Crippen LogP contribution in [0.15, 0.2) is 35.6 Å². The Kier molecular flexibility index (Phi) is 4.01. The van der Waals surface area contributed by atoms with Crippen LogP contribution in [0.5, 0.6) is 0 Å². The number of rotatable bonds is 5. The van der Waals surface area contributed by atoms with Crippen molar-refractivity contribution in [3.8, 4) is 0 Å². The molecule has 22 heavy (non-hydrogen) atoms. The molecule has 0 atom stereocenters. The second-order valence-electron chi connectivity index (χ2n) is 5.72. The first-order chi connectivity index (χ1) is 10.4. The van der Waals surface area contributed by atoms with Crippen molar-refractivity contribution in [1.29, 1.82) is 0 Å². The Bertz CT molecular complexity index is 780. The van der Waals surface area contributed by atoms with Crippen LogP contribution in [0.3, 0.4) is 0 Å². The molecule has 0 bridgehead atoms. The zero-order valence-corrected chi connectivity index (χ0v) is 14.1. The molecule has 0 N–H and O–H groups in total. The number of nitrogens with zero attached hydrogens (tertiary/aromatic N) is 3. The number of imidazole rings is 1. The Labute approximate surface area is 135 Å². The van der Waals surface area contributed by atoms with Crippen LogP contribution in [-0.4, -0.2) is 28.3 Å². The molecule has 0 unspecified atom stereocenters. The first-order valence-electron chi connectivity index (χ1n) is 7.14. The van der Waals surface area contributed by atoms with E-state index < -0.39 is 10.0 Å². The predicted molar refractivity (Wildman–Crippen MR) is 85.1 cm³/mol. The van der Waals surface area contributed by atoms with E-state index >= 15 is 0 Å².